The second-order valence-corrected chi connectivity index (χ2v) is 18.4. The van der Waals surface area contributed by atoms with E-state index < -0.39 is 86.7 Å². The molecule has 4 aliphatic rings. The highest BCUT2D eigenvalue weighted by atomic mass is 19.4. The molecule has 0 saturated heterocycles. The summed E-state index contributed by atoms with van der Waals surface area (Å²) < 4.78 is 103. The molecule has 0 fully saturated rings. The fourth-order valence-electron chi connectivity index (χ4n) is 9.47. The highest BCUT2D eigenvalue weighted by Gasteiger charge is 2.73. The van der Waals surface area contributed by atoms with Crippen LogP contribution in [0.4, 0.5) is 37.7 Å². The van der Waals surface area contributed by atoms with Crippen LogP contribution in [0.3, 0.4) is 0 Å². The highest BCUT2D eigenvalue weighted by molar-refractivity contribution is 6.35. The van der Waals surface area contributed by atoms with E-state index in [9.17, 15) is 47.9 Å². The minimum atomic E-state index is -6.19. The summed E-state index contributed by atoms with van der Waals surface area (Å²) in [5, 5.41) is 0. The van der Waals surface area contributed by atoms with E-state index in [2.05, 4.69) is 0 Å². The summed E-state index contributed by atoms with van der Waals surface area (Å²) >= 11 is 0. The van der Waals surface area contributed by atoms with Crippen molar-refractivity contribution in [3.05, 3.63) is 154 Å². The summed E-state index contributed by atoms with van der Waals surface area (Å²) in [6.07, 6.45) is -4.01. The third-order valence-corrected chi connectivity index (χ3v) is 13.5. The Bertz CT molecular complexity index is 2900. The Morgan fingerprint density at radius 3 is 1.09 bits per heavy atom. The lowest BCUT2D eigenvalue weighted by molar-refractivity contribution is -0.288. The average molecular weight is 1070 g/mol. The molecule has 0 saturated carbocycles. The minimum absolute atomic E-state index is 0.0403. The number of carbonyl (C=O) groups excluding carboxylic acids is 10. The fraction of sp³-hybridized carbons (Fsp3) is 0.309. The maximum absolute atomic E-state index is 15.5. The van der Waals surface area contributed by atoms with Crippen LogP contribution in [-0.4, -0.2) is 108 Å². The van der Waals surface area contributed by atoms with Crippen LogP contribution >= 0.6 is 0 Å². The molecule has 8 amide bonds. The van der Waals surface area contributed by atoms with Gasteiger partial charge >= 0.3 is 24.3 Å². The predicted molar refractivity (Wildman–Crippen MR) is 259 cm³/mol. The number of anilines is 2. The number of hydrogen-bond donors (Lipinski definition) is 0. The molecule has 0 N–H and O–H groups in total. The summed E-state index contributed by atoms with van der Waals surface area (Å²) in [5.41, 5.74) is -9.27. The van der Waals surface area contributed by atoms with Crippen LogP contribution in [0.1, 0.15) is 115 Å². The Balaban J connectivity index is 0.890. The molecule has 8 rings (SSSR count). The Morgan fingerprint density at radius 2 is 0.753 bits per heavy atom. The van der Waals surface area contributed by atoms with Crippen LogP contribution in [0.2, 0.25) is 0 Å². The van der Waals surface area contributed by atoms with Gasteiger partial charge in [-0.05, 0) is 96.5 Å². The van der Waals surface area contributed by atoms with Gasteiger partial charge in [0.1, 0.15) is 0 Å². The highest BCUT2D eigenvalue weighted by Crippen LogP contribution is 2.57. The molecule has 0 atom stereocenters. The van der Waals surface area contributed by atoms with Gasteiger partial charge in [0.05, 0.1) is 46.8 Å². The summed E-state index contributed by atoms with van der Waals surface area (Å²) in [4.78, 5) is 129. The molecule has 4 aliphatic heterocycles. The number of fused-ring (bicyclic) bond motifs is 2. The first-order chi connectivity index (χ1) is 36.6. The second kappa shape index (κ2) is 22.3. The Labute approximate surface area is 434 Å². The average Bonchev–Trinajstić information content (AvgIpc) is 4.14. The van der Waals surface area contributed by atoms with Crippen molar-refractivity contribution in [3.63, 3.8) is 0 Å². The van der Waals surface area contributed by atoms with Crippen LogP contribution in [0.5, 0.6) is 0 Å². The molecule has 0 spiro atoms. The summed E-state index contributed by atoms with van der Waals surface area (Å²) in [6.45, 7) is 0.378. The molecule has 4 aromatic carbocycles. The van der Waals surface area contributed by atoms with Crippen molar-refractivity contribution in [1.29, 1.82) is 0 Å². The zero-order valence-electron chi connectivity index (χ0n) is 40.7. The standard InChI is InChI=1S/C55H46F6N4O12/c56-54(57,58)53(55(59,60)61,35-13-19-39-41(31-35)51(74)64(49(39)72)37-15-9-33(10-16-37)25-29-76-47(70)7-3-1-5-27-62-43(66)21-22-44(62)67)36-14-20-40-42(32-36)52(75)65(50(40)73)38-17-11-34(12-18-38)26-30-77-48(71)8-4-2-6-28-63-45(68)23-24-46(63)69/h9-24,31-32H,1-8,25-30H2. The van der Waals surface area contributed by atoms with Gasteiger partial charge in [0.25, 0.3) is 47.3 Å². The molecule has 4 aromatic rings. The topological polar surface area (TPSA) is 202 Å². The van der Waals surface area contributed by atoms with Crippen LogP contribution in [0.15, 0.2) is 109 Å². The molecule has 0 unspecified atom stereocenters. The van der Waals surface area contributed by atoms with Gasteiger partial charge in [-0.3, -0.25) is 57.7 Å². The van der Waals surface area contributed by atoms with Gasteiger partial charge < -0.3 is 9.47 Å². The van der Waals surface area contributed by atoms with E-state index >= 15 is 26.3 Å². The molecule has 400 valence electrons. The Hall–Kier alpha value is -8.56. The van der Waals surface area contributed by atoms with E-state index in [0.717, 1.165) is 9.80 Å². The van der Waals surface area contributed by atoms with E-state index in [0.29, 0.717) is 95.8 Å². The van der Waals surface area contributed by atoms with Crippen LogP contribution in [-0.2, 0) is 56.5 Å². The number of alkyl halides is 6. The van der Waals surface area contributed by atoms with E-state index in [4.69, 9.17) is 9.47 Å². The SMILES string of the molecule is O=C(CCCCCN1C(=O)C=CC1=O)OCCc1ccc(N2C(=O)c3ccc(C(c4ccc5c(c4)C(=O)N(c4ccc(CCOC(=O)CCCCCN6C(=O)C=CC6=O)cc4)C5=O)(C(F)(F)F)C(F)(F)F)cc3C2=O)cc1. The number of halogens is 6. The normalized spacial score (nSPS) is 15.5. The number of rotatable bonds is 22. The maximum atomic E-state index is 15.5. The first-order valence-electron chi connectivity index (χ1n) is 24.4. The number of esters is 2. The number of unbranched alkanes of at least 4 members (excludes halogenated alkanes) is 4. The first-order valence-corrected chi connectivity index (χ1v) is 24.4. The van der Waals surface area contributed by atoms with Crippen molar-refractivity contribution in [3.8, 4) is 0 Å². The van der Waals surface area contributed by atoms with Crippen LogP contribution in [0.25, 0.3) is 0 Å². The number of ether oxygens (including phenoxy) is 2. The van der Waals surface area contributed by atoms with Crippen molar-refractivity contribution in [2.75, 3.05) is 36.1 Å². The van der Waals surface area contributed by atoms with Crippen molar-refractivity contribution in [1.82, 2.24) is 9.80 Å². The molecule has 0 aromatic heterocycles. The number of carbonyl (C=O) groups is 10. The van der Waals surface area contributed by atoms with Gasteiger partial charge in [0, 0.05) is 63.1 Å². The zero-order valence-corrected chi connectivity index (χ0v) is 40.7. The quantitative estimate of drug-likeness (QED) is 0.0320. The second-order valence-electron chi connectivity index (χ2n) is 18.4. The third kappa shape index (κ3) is 11.1. The number of amides is 8. The lowest BCUT2D eigenvalue weighted by atomic mass is 9.71. The number of benzene rings is 4. The summed E-state index contributed by atoms with van der Waals surface area (Å²) in [7, 11) is 0. The number of imide groups is 4. The molecule has 22 heteroatoms. The Kier molecular flexibility index (Phi) is 15.9. The van der Waals surface area contributed by atoms with Crippen molar-refractivity contribution < 1.29 is 83.8 Å². The van der Waals surface area contributed by atoms with Crippen LogP contribution < -0.4 is 9.80 Å². The molecule has 0 bridgehead atoms. The smallest absolute Gasteiger partial charge is 0.411 e. The summed E-state index contributed by atoms with van der Waals surface area (Å²) in [5.74, 6) is -7.01. The molecule has 16 nitrogen and oxygen atoms in total. The van der Waals surface area contributed by atoms with Gasteiger partial charge in [0.15, 0.2) is 0 Å². The van der Waals surface area contributed by atoms with E-state index in [-0.39, 0.29) is 87.0 Å². The van der Waals surface area contributed by atoms with Crippen molar-refractivity contribution >= 4 is 70.6 Å². The predicted octanol–water partition coefficient (Wildman–Crippen LogP) is 7.84. The molecule has 4 heterocycles. The monoisotopic (exact) mass is 1070 g/mol. The van der Waals surface area contributed by atoms with Gasteiger partial charge in [-0.2, -0.15) is 26.3 Å². The zero-order chi connectivity index (χ0) is 55.4. The van der Waals surface area contributed by atoms with E-state index in [1.165, 1.54) is 72.8 Å². The lowest BCUT2D eigenvalue weighted by Crippen LogP contribution is -2.55. The van der Waals surface area contributed by atoms with Gasteiger partial charge in [-0.25, -0.2) is 9.80 Å². The molecule has 0 radical (unpaired) electrons. The van der Waals surface area contributed by atoms with E-state index in [1.54, 1.807) is 0 Å². The third-order valence-electron chi connectivity index (χ3n) is 13.5. The maximum Gasteiger partial charge on any atom is 0.411 e. The lowest BCUT2D eigenvalue weighted by Gasteiger charge is -2.38. The van der Waals surface area contributed by atoms with Gasteiger partial charge in [-0.15, -0.1) is 0 Å². The molecular weight excluding hydrogens is 1020 g/mol. The van der Waals surface area contributed by atoms with Crippen molar-refractivity contribution in [2.24, 2.45) is 0 Å². The fourth-order valence-corrected chi connectivity index (χ4v) is 9.47. The molecular formula is C55H46F6N4O12. The number of nitrogens with zero attached hydrogens (tertiary/aromatic N) is 4. The van der Waals surface area contributed by atoms with Gasteiger partial charge in [0.2, 0.25) is 5.41 Å². The Morgan fingerprint density at radius 1 is 0.416 bits per heavy atom. The van der Waals surface area contributed by atoms with Crippen molar-refractivity contribution in [2.45, 2.75) is 82.0 Å². The minimum Gasteiger partial charge on any atom is -0.465 e. The largest absolute Gasteiger partial charge is 0.465 e. The first kappa shape index (κ1) is 54.7. The van der Waals surface area contributed by atoms with Gasteiger partial charge in [-0.1, -0.05) is 49.2 Å². The summed E-state index contributed by atoms with van der Waals surface area (Å²) in [6, 6.07) is 14.3. The van der Waals surface area contributed by atoms with Crippen LogP contribution in [0, 0.1) is 0 Å². The molecule has 0 aliphatic carbocycles. The molecule has 77 heavy (non-hydrogen) atoms. The number of hydrogen-bond acceptors (Lipinski definition) is 12. The van der Waals surface area contributed by atoms with E-state index in [1.807, 2.05) is 0 Å².